The van der Waals surface area contributed by atoms with Gasteiger partial charge in [-0.05, 0) is 5.56 Å². The molecule has 0 aliphatic heterocycles. The number of nitrogens with one attached hydrogen (secondary N) is 2. The Morgan fingerprint density at radius 2 is 1.54 bits per heavy atom. The molecule has 1 heterocycles. The Kier molecular flexibility index (Phi) is 5.72. The van der Waals surface area contributed by atoms with E-state index in [4.69, 9.17) is 4.52 Å². The Labute approximate surface area is 150 Å². The first kappa shape index (κ1) is 17.3. The molecule has 0 aliphatic carbocycles. The minimum atomic E-state index is -0.328. The second-order valence-corrected chi connectivity index (χ2v) is 5.64. The monoisotopic (exact) mass is 350 g/mol. The molecule has 0 fully saturated rings. The van der Waals surface area contributed by atoms with Gasteiger partial charge in [-0.2, -0.15) is 4.98 Å². The van der Waals surface area contributed by atoms with Gasteiger partial charge in [0.25, 0.3) is 0 Å². The normalized spacial score (nSPS) is 10.3. The molecule has 0 spiro atoms. The van der Waals surface area contributed by atoms with E-state index in [0.29, 0.717) is 18.1 Å². The van der Waals surface area contributed by atoms with Crippen LogP contribution in [0.4, 0.5) is 0 Å². The molecule has 7 nitrogen and oxygen atoms in total. The number of carbonyl (C=O) groups excluding carboxylic acids is 2. The maximum atomic E-state index is 11.8. The van der Waals surface area contributed by atoms with E-state index < -0.39 is 0 Å². The molecule has 26 heavy (non-hydrogen) atoms. The first-order chi connectivity index (χ1) is 12.7. The summed E-state index contributed by atoms with van der Waals surface area (Å²) in [6.45, 7) is 0. The van der Waals surface area contributed by atoms with Crippen molar-refractivity contribution in [3.05, 3.63) is 72.1 Å². The molecule has 2 amide bonds. The fraction of sp³-hybridized carbons (Fsp3) is 0.158. The highest BCUT2D eigenvalue weighted by molar-refractivity contribution is 5.83. The average Bonchev–Trinajstić information content (AvgIpc) is 3.15. The highest BCUT2D eigenvalue weighted by Gasteiger charge is 2.11. The van der Waals surface area contributed by atoms with Gasteiger partial charge in [0.05, 0.1) is 6.42 Å². The van der Waals surface area contributed by atoms with Crippen LogP contribution in [0, 0.1) is 0 Å². The van der Waals surface area contributed by atoms with Crippen molar-refractivity contribution in [3.63, 3.8) is 0 Å². The molecular formula is C19H18N4O3. The van der Waals surface area contributed by atoms with Crippen molar-refractivity contribution in [2.45, 2.75) is 19.3 Å². The van der Waals surface area contributed by atoms with Gasteiger partial charge in [-0.1, -0.05) is 65.8 Å². The van der Waals surface area contributed by atoms with E-state index in [0.717, 1.165) is 11.1 Å². The third-order valence-corrected chi connectivity index (χ3v) is 3.61. The molecule has 2 aromatic carbocycles. The molecule has 7 heteroatoms. The zero-order valence-corrected chi connectivity index (χ0v) is 14.0. The van der Waals surface area contributed by atoms with Crippen LogP contribution in [0.15, 0.2) is 65.2 Å². The Bertz CT molecular complexity index is 863. The summed E-state index contributed by atoms with van der Waals surface area (Å²) in [5.74, 6) is 0.242. The van der Waals surface area contributed by atoms with Gasteiger partial charge < -0.3 is 4.52 Å². The van der Waals surface area contributed by atoms with Gasteiger partial charge in [0.15, 0.2) is 0 Å². The van der Waals surface area contributed by atoms with Crippen LogP contribution in [0.1, 0.15) is 17.9 Å². The molecular weight excluding hydrogens is 332 g/mol. The topological polar surface area (TPSA) is 97.1 Å². The lowest BCUT2D eigenvalue weighted by atomic mass is 10.1. The number of hydrogen-bond donors (Lipinski definition) is 2. The molecule has 0 radical (unpaired) electrons. The van der Waals surface area contributed by atoms with Gasteiger partial charge >= 0.3 is 0 Å². The number of hydrazine groups is 1. The molecule has 0 aliphatic rings. The molecule has 0 bridgehead atoms. The van der Waals surface area contributed by atoms with Crippen LogP contribution in [-0.2, 0) is 22.4 Å². The predicted molar refractivity (Wildman–Crippen MR) is 94.5 cm³/mol. The Morgan fingerprint density at radius 1 is 0.885 bits per heavy atom. The van der Waals surface area contributed by atoms with Crippen LogP contribution in [0.25, 0.3) is 11.4 Å². The van der Waals surface area contributed by atoms with Gasteiger partial charge in [0.2, 0.25) is 23.5 Å². The highest BCUT2D eigenvalue weighted by Crippen LogP contribution is 2.15. The van der Waals surface area contributed by atoms with Gasteiger partial charge in [-0.3, -0.25) is 20.4 Å². The quantitative estimate of drug-likeness (QED) is 0.663. The SMILES string of the molecule is O=C(CCc1nc(-c2ccccc2)no1)NNC(=O)Cc1ccccc1. The van der Waals surface area contributed by atoms with E-state index in [1.165, 1.54) is 0 Å². The summed E-state index contributed by atoms with van der Waals surface area (Å²) in [5.41, 5.74) is 6.50. The minimum absolute atomic E-state index is 0.127. The van der Waals surface area contributed by atoms with Crippen molar-refractivity contribution in [2.75, 3.05) is 0 Å². The fourth-order valence-electron chi connectivity index (χ4n) is 2.31. The summed E-state index contributed by atoms with van der Waals surface area (Å²) in [6.07, 6.45) is 0.619. The zero-order chi connectivity index (χ0) is 18.2. The summed E-state index contributed by atoms with van der Waals surface area (Å²) in [5, 5.41) is 3.90. The summed E-state index contributed by atoms with van der Waals surface area (Å²) in [6, 6.07) is 18.7. The lowest BCUT2D eigenvalue weighted by Crippen LogP contribution is -2.42. The van der Waals surface area contributed by atoms with Crippen LogP contribution in [0.5, 0.6) is 0 Å². The van der Waals surface area contributed by atoms with Crippen molar-refractivity contribution in [2.24, 2.45) is 0 Å². The first-order valence-corrected chi connectivity index (χ1v) is 8.20. The molecule has 0 atom stereocenters. The number of hydrogen-bond acceptors (Lipinski definition) is 5. The summed E-state index contributed by atoms with van der Waals surface area (Å²) in [4.78, 5) is 27.9. The standard InChI is InChI=1S/C19H18N4O3/c24-16(21-22-17(25)13-14-7-3-1-4-8-14)11-12-18-20-19(23-26-18)15-9-5-2-6-10-15/h1-10H,11-13H2,(H,21,24)(H,22,25). The highest BCUT2D eigenvalue weighted by atomic mass is 16.5. The Hall–Kier alpha value is -3.48. The number of aryl methyl sites for hydroxylation is 1. The number of carbonyl (C=O) groups is 2. The number of amides is 2. The van der Waals surface area contributed by atoms with Gasteiger partial charge in [-0.15, -0.1) is 0 Å². The second-order valence-electron chi connectivity index (χ2n) is 5.64. The zero-order valence-electron chi connectivity index (χ0n) is 14.0. The molecule has 2 N–H and O–H groups in total. The van der Waals surface area contributed by atoms with Crippen molar-refractivity contribution in [1.29, 1.82) is 0 Å². The van der Waals surface area contributed by atoms with Crippen LogP contribution in [0.2, 0.25) is 0 Å². The lowest BCUT2D eigenvalue weighted by Gasteiger charge is -2.06. The molecule has 1 aromatic heterocycles. The maximum Gasteiger partial charge on any atom is 0.242 e. The summed E-state index contributed by atoms with van der Waals surface area (Å²) >= 11 is 0. The number of benzene rings is 2. The number of nitrogens with zero attached hydrogens (tertiary/aromatic N) is 2. The van der Waals surface area contributed by atoms with Gasteiger partial charge in [0.1, 0.15) is 0 Å². The van der Waals surface area contributed by atoms with E-state index in [-0.39, 0.29) is 24.7 Å². The summed E-state index contributed by atoms with van der Waals surface area (Å²) in [7, 11) is 0. The van der Waals surface area contributed by atoms with Crippen LogP contribution >= 0.6 is 0 Å². The van der Waals surface area contributed by atoms with Crippen molar-refractivity contribution >= 4 is 11.8 Å². The predicted octanol–water partition coefficient (Wildman–Crippen LogP) is 2.06. The lowest BCUT2D eigenvalue weighted by molar-refractivity contribution is -0.128. The van der Waals surface area contributed by atoms with E-state index in [2.05, 4.69) is 21.0 Å². The minimum Gasteiger partial charge on any atom is -0.339 e. The molecule has 3 rings (SSSR count). The summed E-state index contributed by atoms with van der Waals surface area (Å²) < 4.78 is 5.15. The fourth-order valence-corrected chi connectivity index (χ4v) is 2.31. The Morgan fingerprint density at radius 3 is 2.27 bits per heavy atom. The van der Waals surface area contributed by atoms with Gasteiger partial charge in [0, 0.05) is 18.4 Å². The van der Waals surface area contributed by atoms with E-state index in [1.807, 2.05) is 60.7 Å². The van der Waals surface area contributed by atoms with Crippen molar-refractivity contribution in [1.82, 2.24) is 21.0 Å². The molecule has 0 saturated carbocycles. The second kappa shape index (κ2) is 8.57. The molecule has 0 saturated heterocycles. The van der Waals surface area contributed by atoms with Crippen LogP contribution < -0.4 is 10.9 Å². The molecule has 0 unspecified atom stereocenters. The van der Waals surface area contributed by atoms with Crippen molar-refractivity contribution in [3.8, 4) is 11.4 Å². The smallest absolute Gasteiger partial charge is 0.242 e. The van der Waals surface area contributed by atoms with E-state index in [9.17, 15) is 9.59 Å². The first-order valence-electron chi connectivity index (χ1n) is 8.20. The van der Waals surface area contributed by atoms with Crippen molar-refractivity contribution < 1.29 is 14.1 Å². The van der Waals surface area contributed by atoms with Crippen LogP contribution in [0.3, 0.4) is 0 Å². The average molecular weight is 350 g/mol. The van der Waals surface area contributed by atoms with E-state index in [1.54, 1.807) is 0 Å². The number of aromatic nitrogens is 2. The molecule has 132 valence electrons. The third-order valence-electron chi connectivity index (χ3n) is 3.61. The molecule has 3 aromatic rings. The third kappa shape index (κ3) is 5.01. The van der Waals surface area contributed by atoms with Crippen LogP contribution in [-0.4, -0.2) is 22.0 Å². The maximum absolute atomic E-state index is 11.8. The number of rotatable bonds is 6. The van der Waals surface area contributed by atoms with Gasteiger partial charge in [-0.25, -0.2) is 0 Å². The van der Waals surface area contributed by atoms with E-state index >= 15 is 0 Å². The largest absolute Gasteiger partial charge is 0.339 e. The Balaban J connectivity index is 1.42.